The Hall–Kier alpha value is -2.70. The van der Waals surface area contributed by atoms with Crippen molar-refractivity contribution in [1.82, 2.24) is 10.2 Å². The molecule has 4 rings (SSSR count). The lowest BCUT2D eigenvalue weighted by molar-refractivity contribution is -0.158. The SMILES string of the molecule is CC(=O)c1cccc(C(=O)N[C@@H]2CCCC[C@@H]2C(=O)N2CC[C@](O)(c3ccc(Cl)cc3)C(C)(C)C2)c1. The third-order valence-corrected chi connectivity index (χ3v) is 8.27. The van der Waals surface area contributed by atoms with E-state index in [1.165, 1.54) is 6.92 Å². The lowest BCUT2D eigenvalue weighted by Gasteiger charge is -2.51. The number of aliphatic hydroxyl groups is 1. The summed E-state index contributed by atoms with van der Waals surface area (Å²) in [6.07, 6.45) is 3.77. The van der Waals surface area contributed by atoms with Gasteiger partial charge in [0.2, 0.25) is 5.91 Å². The normalized spacial score (nSPS) is 25.8. The first-order chi connectivity index (χ1) is 17.0. The molecule has 1 saturated carbocycles. The van der Waals surface area contributed by atoms with E-state index in [0.29, 0.717) is 35.7 Å². The number of nitrogens with zero attached hydrogens (tertiary/aromatic N) is 1. The summed E-state index contributed by atoms with van der Waals surface area (Å²) in [5.41, 5.74) is 0.0693. The van der Waals surface area contributed by atoms with Crippen LogP contribution in [-0.2, 0) is 10.4 Å². The molecule has 2 aliphatic rings. The number of hydrogen-bond donors (Lipinski definition) is 2. The molecular formula is C29H35ClN2O4. The summed E-state index contributed by atoms with van der Waals surface area (Å²) in [5.74, 6) is -0.638. The Balaban J connectivity index is 1.48. The van der Waals surface area contributed by atoms with Gasteiger partial charge in [0.1, 0.15) is 0 Å². The van der Waals surface area contributed by atoms with Crippen molar-refractivity contribution in [2.45, 2.75) is 64.5 Å². The van der Waals surface area contributed by atoms with Crippen LogP contribution in [0.1, 0.15) is 79.2 Å². The number of piperidine rings is 1. The highest BCUT2D eigenvalue weighted by atomic mass is 35.5. The van der Waals surface area contributed by atoms with E-state index < -0.39 is 11.0 Å². The minimum absolute atomic E-state index is 0.0312. The summed E-state index contributed by atoms with van der Waals surface area (Å²) in [7, 11) is 0. The van der Waals surface area contributed by atoms with Crippen LogP contribution >= 0.6 is 11.6 Å². The summed E-state index contributed by atoms with van der Waals surface area (Å²) in [4.78, 5) is 40.3. The maximum absolute atomic E-state index is 13.7. The Morgan fingerprint density at radius 3 is 2.36 bits per heavy atom. The molecule has 192 valence electrons. The highest BCUT2D eigenvalue weighted by Gasteiger charge is 2.50. The smallest absolute Gasteiger partial charge is 0.251 e. The van der Waals surface area contributed by atoms with E-state index in [2.05, 4.69) is 5.32 Å². The monoisotopic (exact) mass is 510 g/mol. The standard InChI is InChI=1S/C29H35ClN2O4/c1-19(33)20-7-6-8-21(17-20)26(34)31-25-10-5-4-9-24(25)27(35)32-16-15-29(36,28(2,3)18-32)22-11-13-23(30)14-12-22/h6-8,11-14,17,24-25,36H,4-5,9-10,15-16,18H2,1-3H3,(H,31,34)/t24-,25+,29-/m0/s1. The number of benzene rings is 2. The molecule has 2 aromatic carbocycles. The van der Waals surface area contributed by atoms with E-state index in [4.69, 9.17) is 11.6 Å². The molecule has 1 aliphatic carbocycles. The first-order valence-corrected chi connectivity index (χ1v) is 13.1. The van der Waals surface area contributed by atoms with Crippen molar-refractivity contribution in [3.63, 3.8) is 0 Å². The molecule has 2 fully saturated rings. The highest BCUT2D eigenvalue weighted by molar-refractivity contribution is 6.30. The van der Waals surface area contributed by atoms with Crippen molar-refractivity contribution < 1.29 is 19.5 Å². The number of rotatable bonds is 5. The van der Waals surface area contributed by atoms with Crippen molar-refractivity contribution in [2.24, 2.45) is 11.3 Å². The molecule has 0 radical (unpaired) electrons. The van der Waals surface area contributed by atoms with Gasteiger partial charge in [0.15, 0.2) is 5.78 Å². The van der Waals surface area contributed by atoms with Gasteiger partial charge in [0.05, 0.1) is 11.5 Å². The summed E-state index contributed by atoms with van der Waals surface area (Å²) in [6.45, 7) is 6.31. The minimum atomic E-state index is -1.07. The molecule has 3 atom stereocenters. The fourth-order valence-electron chi connectivity index (χ4n) is 5.74. The van der Waals surface area contributed by atoms with Crippen molar-refractivity contribution in [1.29, 1.82) is 0 Å². The van der Waals surface area contributed by atoms with E-state index >= 15 is 0 Å². The third kappa shape index (κ3) is 5.21. The predicted molar refractivity (Wildman–Crippen MR) is 140 cm³/mol. The first kappa shape index (κ1) is 26.4. The molecule has 0 bridgehead atoms. The van der Waals surface area contributed by atoms with Crippen molar-refractivity contribution in [3.8, 4) is 0 Å². The first-order valence-electron chi connectivity index (χ1n) is 12.7. The quantitative estimate of drug-likeness (QED) is 0.555. The number of Topliss-reactive ketones (excluding diaryl/α,β-unsaturated/α-hetero) is 1. The van der Waals surface area contributed by atoms with E-state index in [-0.39, 0.29) is 29.6 Å². The summed E-state index contributed by atoms with van der Waals surface area (Å²) >= 11 is 6.05. The molecule has 1 aliphatic heterocycles. The van der Waals surface area contributed by atoms with Crippen molar-refractivity contribution in [2.75, 3.05) is 13.1 Å². The van der Waals surface area contributed by atoms with E-state index in [1.54, 1.807) is 36.4 Å². The van der Waals surface area contributed by atoms with E-state index in [0.717, 1.165) is 31.2 Å². The Morgan fingerprint density at radius 2 is 1.69 bits per heavy atom. The van der Waals surface area contributed by atoms with E-state index in [9.17, 15) is 19.5 Å². The van der Waals surface area contributed by atoms with Crippen LogP contribution in [0.15, 0.2) is 48.5 Å². The zero-order valence-corrected chi connectivity index (χ0v) is 22.0. The number of amides is 2. The predicted octanol–water partition coefficient (Wildman–Crippen LogP) is 4.98. The number of likely N-dealkylation sites (tertiary alicyclic amines) is 1. The van der Waals surface area contributed by atoms with Gasteiger partial charge in [-0.15, -0.1) is 0 Å². The molecule has 7 heteroatoms. The highest BCUT2D eigenvalue weighted by Crippen LogP contribution is 2.46. The van der Waals surface area contributed by atoms with E-state index in [1.807, 2.05) is 30.9 Å². The van der Waals surface area contributed by atoms with Gasteiger partial charge < -0.3 is 15.3 Å². The van der Waals surface area contributed by atoms with Gasteiger partial charge in [-0.1, -0.05) is 62.6 Å². The second-order valence-corrected chi connectivity index (χ2v) is 11.3. The van der Waals surface area contributed by atoms with Gasteiger partial charge in [0, 0.05) is 40.7 Å². The topological polar surface area (TPSA) is 86.7 Å². The summed E-state index contributed by atoms with van der Waals surface area (Å²) < 4.78 is 0. The number of hydrogen-bond acceptors (Lipinski definition) is 4. The fraction of sp³-hybridized carbons (Fsp3) is 0.483. The molecule has 0 aromatic heterocycles. The molecule has 1 heterocycles. The van der Waals surface area contributed by atoms with Crippen LogP contribution in [0.25, 0.3) is 0 Å². The molecule has 2 amide bonds. The molecule has 6 nitrogen and oxygen atoms in total. The molecule has 1 saturated heterocycles. The molecule has 0 unspecified atom stereocenters. The average molecular weight is 511 g/mol. The van der Waals surface area contributed by atoms with Crippen LogP contribution < -0.4 is 5.32 Å². The van der Waals surface area contributed by atoms with Crippen LogP contribution in [0.3, 0.4) is 0 Å². The number of carbonyl (C=O) groups is 3. The fourth-order valence-corrected chi connectivity index (χ4v) is 5.86. The zero-order valence-electron chi connectivity index (χ0n) is 21.2. The van der Waals surface area contributed by atoms with Crippen LogP contribution in [0, 0.1) is 11.3 Å². The minimum Gasteiger partial charge on any atom is -0.384 e. The molecule has 2 aromatic rings. The van der Waals surface area contributed by atoms with Crippen LogP contribution in [0.5, 0.6) is 0 Å². The molecular weight excluding hydrogens is 476 g/mol. The lowest BCUT2D eigenvalue weighted by Crippen LogP contribution is -2.59. The Morgan fingerprint density at radius 1 is 1.03 bits per heavy atom. The van der Waals surface area contributed by atoms with Gasteiger partial charge in [-0.25, -0.2) is 0 Å². The second-order valence-electron chi connectivity index (χ2n) is 10.9. The number of halogens is 1. The largest absolute Gasteiger partial charge is 0.384 e. The maximum Gasteiger partial charge on any atom is 0.251 e. The van der Waals surface area contributed by atoms with Crippen LogP contribution in [0.4, 0.5) is 0 Å². The van der Waals surface area contributed by atoms with Gasteiger partial charge in [0.25, 0.3) is 5.91 Å². The molecule has 2 N–H and O–H groups in total. The molecule has 36 heavy (non-hydrogen) atoms. The van der Waals surface area contributed by atoms with Gasteiger partial charge in [-0.05, 0) is 56.0 Å². The number of nitrogens with one attached hydrogen (secondary N) is 1. The summed E-state index contributed by atoms with van der Waals surface area (Å²) in [5, 5.41) is 15.4. The van der Waals surface area contributed by atoms with Gasteiger partial charge >= 0.3 is 0 Å². The van der Waals surface area contributed by atoms with Crippen molar-refractivity contribution in [3.05, 3.63) is 70.2 Å². The number of ketones is 1. The van der Waals surface area contributed by atoms with Crippen molar-refractivity contribution >= 4 is 29.2 Å². The van der Waals surface area contributed by atoms with Crippen LogP contribution in [0.2, 0.25) is 5.02 Å². The maximum atomic E-state index is 13.7. The Bertz CT molecular complexity index is 1150. The summed E-state index contributed by atoms with van der Waals surface area (Å²) in [6, 6.07) is 13.7. The van der Waals surface area contributed by atoms with Crippen LogP contribution in [-0.4, -0.2) is 46.7 Å². The third-order valence-electron chi connectivity index (χ3n) is 8.01. The zero-order chi connectivity index (χ0) is 26.1. The van der Waals surface area contributed by atoms with Gasteiger partial charge in [-0.3, -0.25) is 14.4 Å². The lowest BCUT2D eigenvalue weighted by atomic mass is 9.66. The Kier molecular flexibility index (Phi) is 7.58. The second kappa shape index (κ2) is 10.3. The van der Waals surface area contributed by atoms with Gasteiger partial charge in [-0.2, -0.15) is 0 Å². The average Bonchev–Trinajstić information content (AvgIpc) is 2.86. The molecule has 0 spiro atoms. The number of carbonyl (C=O) groups excluding carboxylic acids is 3. The Labute approximate surface area is 218 Å².